The number of aryl methyl sites for hydroxylation is 2. The summed E-state index contributed by atoms with van der Waals surface area (Å²) >= 11 is 1.63. The van der Waals surface area contributed by atoms with Crippen LogP contribution in [0.2, 0.25) is 0 Å². The van der Waals surface area contributed by atoms with Crippen LogP contribution in [0.5, 0.6) is 5.75 Å². The van der Waals surface area contributed by atoms with E-state index in [1.807, 2.05) is 30.3 Å². The van der Waals surface area contributed by atoms with Gasteiger partial charge in [0.05, 0.1) is 30.2 Å². The summed E-state index contributed by atoms with van der Waals surface area (Å²) in [5.41, 5.74) is 3.34. The molecule has 0 spiro atoms. The monoisotopic (exact) mass is 416 g/mol. The van der Waals surface area contributed by atoms with Crippen LogP contribution < -0.4 is 9.64 Å². The molecule has 2 aromatic carbocycles. The highest BCUT2D eigenvalue weighted by atomic mass is 32.2. The van der Waals surface area contributed by atoms with Gasteiger partial charge in [-0.05, 0) is 43.2 Å². The minimum absolute atomic E-state index is 0.108. The van der Waals surface area contributed by atoms with E-state index in [1.54, 1.807) is 11.8 Å². The van der Waals surface area contributed by atoms with Gasteiger partial charge in [-0.2, -0.15) is 0 Å². The molecule has 0 aliphatic carbocycles. The van der Waals surface area contributed by atoms with Gasteiger partial charge >= 0.3 is 0 Å². The van der Waals surface area contributed by atoms with Crippen LogP contribution in [0.1, 0.15) is 11.1 Å². The summed E-state index contributed by atoms with van der Waals surface area (Å²) in [6, 6.07) is 15.7. The van der Waals surface area contributed by atoms with Gasteiger partial charge in [-0.1, -0.05) is 42.1 Å². The SMILES string of the molecule is Cc1ccc(C)c(N2C(SCCOc3ccccc3)=NC3CS(=O)(=O)CC32)c1. The maximum absolute atomic E-state index is 12.2. The van der Waals surface area contributed by atoms with Gasteiger partial charge in [0.15, 0.2) is 15.0 Å². The maximum Gasteiger partial charge on any atom is 0.164 e. The van der Waals surface area contributed by atoms with Crippen LogP contribution in [0.3, 0.4) is 0 Å². The summed E-state index contributed by atoms with van der Waals surface area (Å²) in [5, 5.41) is 0.898. The van der Waals surface area contributed by atoms with Crippen molar-refractivity contribution in [2.24, 2.45) is 4.99 Å². The third-order valence-electron chi connectivity index (χ3n) is 5.06. The lowest BCUT2D eigenvalue weighted by Gasteiger charge is -2.28. The highest BCUT2D eigenvalue weighted by Crippen LogP contribution is 2.36. The largest absolute Gasteiger partial charge is 0.493 e. The van der Waals surface area contributed by atoms with Crippen LogP contribution in [-0.2, 0) is 9.84 Å². The standard InChI is InChI=1S/C21H24N2O3S2/c1-15-8-9-16(2)19(12-15)23-20-14-28(24,25)13-18(20)22-21(23)27-11-10-26-17-6-4-3-5-7-17/h3-9,12,18,20H,10-11,13-14H2,1-2H3. The van der Waals surface area contributed by atoms with Crippen molar-refractivity contribution in [2.75, 3.05) is 28.8 Å². The minimum Gasteiger partial charge on any atom is -0.493 e. The molecule has 7 heteroatoms. The van der Waals surface area contributed by atoms with E-state index in [2.05, 4.69) is 36.9 Å². The van der Waals surface area contributed by atoms with Gasteiger partial charge in [-0.25, -0.2) is 8.42 Å². The second-order valence-electron chi connectivity index (χ2n) is 7.29. The normalized spacial score (nSPS) is 22.8. The topological polar surface area (TPSA) is 59.0 Å². The molecule has 2 aliphatic heterocycles. The Morgan fingerprint density at radius 3 is 2.71 bits per heavy atom. The van der Waals surface area contributed by atoms with Crippen molar-refractivity contribution in [2.45, 2.75) is 25.9 Å². The molecule has 2 unspecified atom stereocenters. The molecule has 0 saturated carbocycles. The molecule has 148 valence electrons. The number of nitrogens with zero attached hydrogens (tertiary/aromatic N) is 2. The first kappa shape index (κ1) is 19.3. The average molecular weight is 417 g/mol. The Balaban J connectivity index is 1.51. The quantitative estimate of drug-likeness (QED) is 0.699. The van der Waals surface area contributed by atoms with E-state index in [0.29, 0.717) is 6.61 Å². The van der Waals surface area contributed by atoms with Crippen molar-refractivity contribution in [3.8, 4) is 5.75 Å². The zero-order chi connectivity index (χ0) is 19.7. The summed E-state index contributed by atoms with van der Waals surface area (Å²) in [6.07, 6.45) is 0. The fraction of sp³-hybridized carbons (Fsp3) is 0.381. The van der Waals surface area contributed by atoms with Gasteiger partial charge in [0.25, 0.3) is 0 Å². The molecule has 0 bridgehead atoms. The number of amidine groups is 1. The van der Waals surface area contributed by atoms with E-state index in [-0.39, 0.29) is 23.6 Å². The number of rotatable bonds is 5. The van der Waals surface area contributed by atoms with Crippen molar-refractivity contribution in [1.82, 2.24) is 0 Å². The lowest BCUT2D eigenvalue weighted by atomic mass is 10.1. The molecule has 4 rings (SSSR count). The summed E-state index contributed by atoms with van der Waals surface area (Å²) in [4.78, 5) is 6.93. The highest BCUT2D eigenvalue weighted by Gasteiger charge is 2.47. The van der Waals surface area contributed by atoms with E-state index < -0.39 is 9.84 Å². The third kappa shape index (κ3) is 4.05. The summed E-state index contributed by atoms with van der Waals surface area (Å²) in [5.74, 6) is 1.91. The summed E-state index contributed by atoms with van der Waals surface area (Å²) < 4.78 is 30.1. The number of anilines is 1. The molecule has 5 nitrogen and oxygen atoms in total. The van der Waals surface area contributed by atoms with Gasteiger partial charge in [-0.15, -0.1) is 0 Å². The Kier molecular flexibility index (Phi) is 5.38. The molecule has 28 heavy (non-hydrogen) atoms. The first-order chi connectivity index (χ1) is 13.4. The van der Waals surface area contributed by atoms with Gasteiger partial charge in [0.1, 0.15) is 5.75 Å². The molecular formula is C21H24N2O3S2. The van der Waals surface area contributed by atoms with Crippen molar-refractivity contribution in [3.05, 3.63) is 59.7 Å². The van der Waals surface area contributed by atoms with Crippen molar-refractivity contribution >= 4 is 32.5 Å². The number of ether oxygens (including phenoxy) is 1. The Morgan fingerprint density at radius 1 is 1.14 bits per heavy atom. The highest BCUT2D eigenvalue weighted by molar-refractivity contribution is 8.14. The Hall–Kier alpha value is -1.99. The lowest BCUT2D eigenvalue weighted by molar-refractivity contribution is 0.344. The van der Waals surface area contributed by atoms with Crippen LogP contribution >= 0.6 is 11.8 Å². The zero-order valence-corrected chi connectivity index (χ0v) is 17.7. The van der Waals surface area contributed by atoms with Crippen molar-refractivity contribution in [1.29, 1.82) is 0 Å². The predicted molar refractivity (Wildman–Crippen MR) is 116 cm³/mol. The second-order valence-corrected chi connectivity index (χ2v) is 10.5. The second kappa shape index (κ2) is 7.79. The first-order valence-corrected chi connectivity index (χ1v) is 12.2. The number of hydrogen-bond acceptors (Lipinski definition) is 6. The molecule has 1 saturated heterocycles. The molecular weight excluding hydrogens is 392 g/mol. The minimum atomic E-state index is -3.04. The average Bonchev–Trinajstić information content (AvgIpc) is 3.13. The van der Waals surface area contributed by atoms with Crippen LogP contribution in [0.25, 0.3) is 0 Å². The van der Waals surface area contributed by atoms with Gasteiger partial charge < -0.3 is 9.64 Å². The van der Waals surface area contributed by atoms with Gasteiger partial charge in [0.2, 0.25) is 0 Å². The third-order valence-corrected chi connectivity index (χ3v) is 7.69. The summed E-state index contributed by atoms with van der Waals surface area (Å²) in [6.45, 7) is 4.69. The molecule has 0 N–H and O–H groups in total. The zero-order valence-electron chi connectivity index (χ0n) is 16.0. The van der Waals surface area contributed by atoms with Crippen LogP contribution in [-0.4, -0.2) is 49.5 Å². The van der Waals surface area contributed by atoms with Crippen LogP contribution in [0.15, 0.2) is 53.5 Å². The van der Waals surface area contributed by atoms with Crippen molar-refractivity contribution in [3.63, 3.8) is 0 Å². The Labute approximate surface area is 170 Å². The number of thioether (sulfide) groups is 1. The number of fused-ring (bicyclic) bond motifs is 1. The number of benzene rings is 2. The molecule has 2 aromatic rings. The van der Waals surface area contributed by atoms with Crippen LogP contribution in [0.4, 0.5) is 5.69 Å². The number of para-hydroxylation sites is 1. The fourth-order valence-corrected chi connectivity index (χ4v) is 6.48. The van der Waals surface area contributed by atoms with Gasteiger partial charge in [0, 0.05) is 11.4 Å². The molecule has 2 atom stereocenters. The number of hydrogen-bond donors (Lipinski definition) is 0. The van der Waals surface area contributed by atoms with Crippen LogP contribution in [0, 0.1) is 13.8 Å². The van der Waals surface area contributed by atoms with E-state index in [1.165, 1.54) is 0 Å². The predicted octanol–water partition coefficient (Wildman–Crippen LogP) is 3.46. The smallest absolute Gasteiger partial charge is 0.164 e. The van der Waals surface area contributed by atoms with Gasteiger partial charge in [-0.3, -0.25) is 4.99 Å². The Bertz CT molecular complexity index is 990. The fourth-order valence-electron chi connectivity index (χ4n) is 3.70. The molecule has 0 radical (unpaired) electrons. The number of sulfone groups is 1. The van der Waals surface area contributed by atoms with Crippen molar-refractivity contribution < 1.29 is 13.2 Å². The summed E-state index contributed by atoms with van der Waals surface area (Å²) in [7, 11) is -3.04. The van der Waals surface area contributed by atoms with E-state index in [4.69, 9.17) is 9.73 Å². The van der Waals surface area contributed by atoms with E-state index in [9.17, 15) is 8.42 Å². The van der Waals surface area contributed by atoms with E-state index in [0.717, 1.165) is 33.5 Å². The molecule has 1 fully saturated rings. The maximum atomic E-state index is 12.2. The molecule has 0 amide bonds. The Morgan fingerprint density at radius 2 is 1.93 bits per heavy atom. The number of aliphatic imine (C=N–C) groups is 1. The first-order valence-electron chi connectivity index (χ1n) is 9.38. The molecule has 2 aliphatic rings. The van der Waals surface area contributed by atoms with E-state index >= 15 is 0 Å². The lowest BCUT2D eigenvalue weighted by Crippen LogP contribution is -2.39. The molecule has 2 heterocycles. The molecule has 0 aromatic heterocycles.